The largest absolute Gasteiger partial charge is 0.455 e. The van der Waals surface area contributed by atoms with Crippen LogP contribution in [0.25, 0.3) is 104 Å². The van der Waals surface area contributed by atoms with Crippen LogP contribution in [0.4, 0.5) is 17.1 Å². The van der Waals surface area contributed by atoms with E-state index in [1.165, 1.54) is 54.3 Å². The molecule has 0 spiro atoms. The molecular weight excluding hydrogens is 765 g/mol. The Labute approximate surface area is 363 Å². The van der Waals surface area contributed by atoms with E-state index in [0.717, 1.165) is 66.8 Å². The van der Waals surface area contributed by atoms with E-state index in [2.05, 4.69) is 240 Å². The van der Waals surface area contributed by atoms with E-state index in [9.17, 15) is 0 Å². The number of fused-ring (bicyclic) bond motifs is 11. The smallest absolute Gasteiger partial charge is 0.143 e. The van der Waals surface area contributed by atoms with E-state index in [-0.39, 0.29) is 0 Å². The van der Waals surface area contributed by atoms with Gasteiger partial charge in [-0.1, -0.05) is 164 Å². The number of para-hydroxylation sites is 3. The second-order valence-electron chi connectivity index (χ2n) is 16.5. The number of nitrogens with zero attached hydrogens (tertiary/aromatic N) is 2. The van der Waals surface area contributed by atoms with Gasteiger partial charge in [0.25, 0.3) is 0 Å². The fourth-order valence-corrected chi connectivity index (χ4v) is 9.96. The van der Waals surface area contributed by atoms with Gasteiger partial charge < -0.3 is 13.9 Å². The molecule has 0 aliphatic heterocycles. The molecule has 3 nitrogen and oxygen atoms in total. The lowest BCUT2D eigenvalue weighted by Gasteiger charge is -2.26. The number of rotatable bonds is 6. The van der Waals surface area contributed by atoms with Crippen molar-refractivity contribution in [2.75, 3.05) is 4.90 Å². The number of aromatic nitrogens is 1. The zero-order valence-electron chi connectivity index (χ0n) is 34.2. The predicted octanol–water partition coefficient (Wildman–Crippen LogP) is 16.9. The summed E-state index contributed by atoms with van der Waals surface area (Å²) in [4.78, 5) is 2.37. The molecule has 0 N–H and O–H groups in total. The van der Waals surface area contributed by atoms with Gasteiger partial charge in [0.2, 0.25) is 0 Å². The third kappa shape index (κ3) is 5.67. The van der Waals surface area contributed by atoms with Crippen LogP contribution in [0.5, 0.6) is 0 Å². The molecule has 294 valence electrons. The van der Waals surface area contributed by atoms with Crippen LogP contribution in [0, 0.1) is 0 Å². The number of benzene rings is 11. The predicted molar refractivity (Wildman–Crippen MR) is 266 cm³/mol. The van der Waals surface area contributed by atoms with E-state index in [4.69, 9.17) is 4.42 Å². The zero-order valence-corrected chi connectivity index (χ0v) is 34.2. The van der Waals surface area contributed by atoms with Crippen molar-refractivity contribution in [3.8, 4) is 27.9 Å². The number of anilines is 3. The third-order valence-corrected chi connectivity index (χ3v) is 13.0. The molecule has 63 heavy (non-hydrogen) atoms. The minimum atomic E-state index is 0.910. The van der Waals surface area contributed by atoms with Gasteiger partial charge in [-0.15, -0.1) is 0 Å². The molecule has 0 atom stereocenters. The summed E-state index contributed by atoms with van der Waals surface area (Å²) in [6.07, 6.45) is 0. The van der Waals surface area contributed by atoms with Crippen LogP contribution in [-0.2, 0) is 0 Å². The summed E-state index contributed by atoms with van der Waals surface area (Å²) < 4.78 is 9.12. The molecule has 2 aromatic heterocycles. The van der Waals surface area contributed by atoms with Crippen molar-refractivity contribution in [3.63, 3.8) is 0 Å². The normalized spacial score (nSPS) is 11.8. The Kier molecular flexibility index (Phi) is 7.91. The molecule has 0 saturated heterocycles. The first kappa shape index (κ1) is 35.4. The summed E-state index contributed by atoms with van der Waals surface area (Å²) in [5, 5.41) is 12.1. The highest BCUT2D eigenvalue weighted by atomic mass is 16.3. The highest BCUT2D eigenvalue weighted by molar-refractivity contribution is 6.17. The van der Waals surface area contributed by atoms with Gasteiger partial charge in [-0.3, -0.25) is 0 Å². The van der Waals surface area contributed by atoms with Gasteiger partial charge >= 0.3 is 0 Å². The molecule has 0 radical (unpaired) electrons. The highest BCUT2D eigenvalue weighted by Crippen LogP contribution is 2.42. The molecule has 3 heteroatoms. The molecule has 0 aliphatic carbocycles. The van der Waals surface area contributed by atoms with Crippen LogP contribution in [0.3, 0.4) is 0 Å². The summed E-state index contributed by atoms with van der Waals surface area (Å²) in [7, 11) is 0. The average molecular weight is 803 g/mol. The van der Waals surface area contributed by atoms with Crippen LogP contribution < -0.4 is 4.90 Å². The molecule has 0 saturated carbocycles. The first-order valence-corrected chi connectivity index (χ1v) is 21.6. The molecular formula is C60H38N2O. The van der Waals surface area contributed by atoms with Crippen molar-refractivity contribution in [2.24, 2.45) is 0 Å². The summed E-state index contributed by atoms with van der Waals surface area (Å²) >= 11 is 0. The lowest BCUT2D eigenvalue weighted by atomic mass is 10.00. The maximum atomic E-state index is 6.74. The molecule has 0 unspecified atom stereocenters. The summed E-state index contributed by atoms with van der Waals surface area (Å²) in [6, 6.07) is 83.4. The standard InChI is InChI=1S/C60H38N2O/c1-3-15-49-40(11-1)23-24-44-38-48(34-36-50(44)49)61(46-32-27-42(28-33-46)52-19-10-20-55-56-35-29-41-12-2-4-16-51(41)60(56)63-59(52)55)45-30-25-39(26-31-45)43-13-9-14-47(37-43)62-57-21-7-5-17-53(57)54-18-6-8-22-58(54)62/h1-38H. The second-order valence-corrected chi connectivity index (χ2v) is 16.5. The first-order chi connectivity index (χ1) is 31.2. The number of furan rings is 1. The van der Waals surface area contributed by atoms with Crippen LogP contribution in [-0.4, -0.2) is 4.57 Å². The van der Waals surface area contributed by atoms with E-state index in [0.29, 0.717) is 0 Å². The Morgan fingerprint density at radius 2 is 0.825 bits per heavy atom. The van der Waals surface area contributed by atoms with Crippen molar-refractivity contribution in [3.05, 3.63) is 231 Å². The molecule has 2 heterocycles. The minimum Gasteiger partial charge on any atom is -0.455 e. The molecule has 0 fully saturated rings. The van der Waals surface area contributed by atoms with Crippen LogP contribution in [0.2, 0.25) is 0 Å². The van der Waals surface area contributed by atoms with Gasteiger partial charge in [0.15, 0.2) is 0 Å². The summed E-state index contributed by atoms with van der Waals surface area (Å²) in [5.41, 5.74) is 13.2. The Hall–Kier alpha value is -8.40. The first-order valence-electron chi connectivity index (χ1n) is 21.6. The molecule has 13 aromatic rings. The third-order valence-electron chi connectivity index (χ3n) is 13.0. The van der Waals surface area contributed by atoms with Crippen molar-refractivity contribution in [2.45, 2.75) is 0 Å². The Bertz CT molecular complexity index is 3860. The van der Waals surface area contributed by atoms with Crippen molar-refractivity contribution in [1.29, 1.82) is 0 Å². The zero-order chi connectivity index (χ0) is 41.4. The van der Waals surface area contributed by atoms with Gasteiger partial charge in [-0.2, -0.15) is 0 Å². The van der Waals surface area contributed by atoms with E-state index in [1.54, 1.807) is 0 Å². The van der Waals surface area contributed by atoms with Crippen LogP contribution in [0.1, 0.15) is 0 Å². The Balaban J connectivity index is 0.911. The lowest BCUT2D eigenvalue weighted by Crippen LogP contribution is -2.09. The Morgan fingerprint density at radius 3 is 1.57 bits per heavy atom. The van der Waals surface area contributed by atoms with Crippen molar-refractivity contribution < 1.29 is 4.42 Å². The fourth-order valence-electron chi connectivity index (χ4n) is 9.96. The minimum absolute atomic E-state index is 0.910. The summed E-state index contributed by atoms with van der Waals surface area (Å²) in [5.74, 6) is 0. The van der Waals surface area contributed by atoms with Gasteiger partial charge in [-0.05, 0) is 110 Å². The van der Waals surface area contributed by atoms with Gasteiger partial charge in [0.1, 0.15) is 11.2 Å². The van der Waals surface area contributed by atoms with E-state index < -0.39 is 0 Å². The summed E-state index contributed by atoms with van der Waals surface area (Å²) in [6.45, 7) is 0. The van der Waals surface area contributed by atoms with Gasteiger partial charge in [0.05, 0.1) is 11.0 Å². The SMILES string of the molecule is c1cc(-c2ccc(N(c3ccc(-c4cccc5c4oc4c6ccccc6ccc54)cc3)c3ccc4c(ccc5ccccc54)c3)cc2)cc(-n2c3ccccc3c3ccccc32)c1. The van der Waals surface area contributed by atoms with Crippen molar-refractivity contribution in [1.82, 2.24) is 4.57 Å². The number of hydrogen-bond donors (Lipinski definition) is 0. The molecule has 0 aliphatic rings. The highest BCUT2D eigenvalue weighted by Gasteiger charge is 2.18. The van der Waals surface area contributed by atoms with Crippen LogP contribution >= 0.6 is 0 Å². The number of hydrogen-bond acceptors (Lipinski definition) is 2. The van der Waals surface area contributed by atoms with E-state index in [1.807, 2.05) is 0 Å². The molecule has 0 amide bonds. The monoisotopic (exact) mass is 802 g/mol. The quantitative estimate of drug-likeness (QED) is 0.156. The molecule has 0 bridgehead atoms. The maximum Gasteiger partial charge on any atom is 0.143 e. The topological polar surface area (TPSA) is 21.3 Å². The Morgan fingerprint density at radius 1 is 0.302 bits per heavy atom. The van der Waals surface area contributed by atoms with E-state index >= 15 is 0 Å². The fraction of sp³-hybridized carbons (Fsp3) is 0. The maximum absolute atomic E-state index is 6.74. The molecule has 13 rings (SSSR count). The average Bonchev–Trinajstić information content (AvgIpc) is 3.91. The second kappa shape index (κ2) is 14.1. The van der Waals surface area contributed by atoms with Crippen molar-refractivity contribution >= 4 is 93.1 Å². The van der Waals surface area contributed by atoms with Gasteiger partial charge in [0, 0.05) is 55.2 Å². The molecule has 11 aromatic carbocycles. The van der Waals surface area contributed by atoms with Crippen LogP contribution in [0.15, 0.2) is 235 Å². The van der Waals surface area contributed by atoms with Gasteiger partial charge in [-0.25, -0.2) is 0 Å². The lowest BCUT2D eigenvalue weighted by molar-refractivity contribution is 0.674.